The molecule has 1 aromatic heterocycles. The van der Waals surface area contributed by atoms with E-state index in [-0.39, 0.29) is 0 Å². The zero-order valence-electron chi connectivity index (χ0n) is 11.4. The van der Waals surface area contributed by atoms with Gasteiger partial charge >= 0.3 is 0 Å². The summed E-state index contributed by atoms with van der Waals surface area (Å²) in [5.74, 6) is 0. The number of nitrogens with one attached hydrogen (secondary N) is 1. The molecule has 0 saturated heterocycles. The van der Waals surface area contributed by atoms with E-state index in [0.717, 1.165) is 24.4 Å². The third kappa shape index (κ3) is 3.05. The number of para-hydroxylation sites is 1. The van der Waals surface area contributed by atoms with Crippen LogP contribution in [-0.2, 0) is 19.5 Å². The first kappa shape index (κ1) is 15.5. The van der Waals surface area contributed by atoms with Gasteiger partial charge in [0, 0.05) is 6.54 Å². The Morgan fingerprint density at radius 2 is 1.80 bits per heavy atom. The predicted octanol–water partition coefficient (Wildman–Crippen LogP) is 5.04. The molecule has 0 spiro atoms. The monoisotopic (exact) mass is 331 g/mol. The van der Waals surface area contributed by atoms with Crippen molar-refractivity contribution >= 4 is 40.5 Å². The fraction of sp³-hybridized carbons (Fsp3) is 0.357. The van der Waals surface area contributed by atoms with Gasteiger partial charge in [-0.05, 0) is 25.5 Å². The normalized spacial score (nSPS) is 10.8. The quantitative estimate of drug-likeness (QED) is 0.831. The first-order chi connectivity index (χ1) is 9.58. The van der Waals surface area contributed by atoms with Crippen LogP contribution in [0.1, 0.15) is 25.2 Å². The standard InChI is InChI=1S/C14H16Cl3N3/c1-3-11-13(17)12(20(4-2)19-11)8-18-14-9(15)6-5-7-10(14)16/h5-7,18H,3-4,8H2,1-2H3. The number of aromatic nitrogens is 2. The third-order valence-electron chi connectivity index (χ3n) is 3.09. The van der Waals surface area contributed by atoms with Crippen LogP contribution >= 0.6 is 34.8 Å². The first-order valence-electron chi connectivity index (χ1n) is 6.50. The number of nitrogens with zero attached hydrogens (tertiary/aromatic N) is 2. The van der Waals surface area contributed by atoms with Crippen molar-refractivity contribution in [3.05, 3.63) is 44.7 Å². The second-order valence-corrected chi connectivity index (χ2v) is 5.52. The predicted molar refractivity (Wildman–Crippen MR) is 86.1 cm³/mol. The molecule has 20 heavy (non-hydrogen) atoms. The minimum atomic E-state index is 0.531. The highest BCUT2D eigenvalue weighted by Crippen LogP contribution is 2.31. The summed E-state index contributed by atoms with van der Waals surface area (Å²) in [4.78, 5) is 0. The van der Waals surface area contributed by atoms with Gasteiger partial charge in [-0.25, -0.2) is 0 Å². The molecule has 2 rings (SSSR count). The van der Waals surface area contributed by atoms with E-state index in [1.54, 1.807) is 12.1 Å². The molecule has 108 valence electrons. The molecule has 0 radical (unpaired) electrons. The number of halogens is 3. The average Bonchev–Trinajstić information content (AvgIpc) is 2.74. The maximum absolute atomic E-state index is 6.36. The van der Waals surface area contributed by atoms with Crippen molar-refractivity contribution in [2.24, 2.45) is 0 Å². The van der Waals surface area contributed by atoms with E-state index in [0.29, 0.717) is 27.3 Å². The van der Waals surface area contributed by atoms with E-state index < -0.39 is 0 Å². The summed E-state index contributed by atoms with van der Waals surface area (Å²) in [6.07, 6.45) is 0.811. The molecule has 0 aliphatic rings. The molecule has 1 aromatic carbocycles. The van der Waals surface area contributed by atoms with Crippen LogP contribution in [0.2, 0.25) is 15.1 Å². The number of anilines is 1. The SMILES string of the molecule is CCc1nn(CC)c(CNc2c(Cl)cccc2Cl)c1Cl. The zero-order chi connectivity index (χ0) is 14.7. The maximum Gasteiger partial charge on any atom is 0.0868 e. The molecule has 0 saturated carbocycles. The van der Waals surface area contributed by atoms with Crippen LogP contribution in [-0.4, -0.2) is 9.78 Å². The fourth-order valence-electron chi connectivity index (χ4n) is 2.02. The molecule has 0 aliphatic carbocycles. The molecule has 0 atom stereocenters. The van der Waals surface area contributed by atoms with Crippen LogP contribution in [0.25, 0.3) is 0 Å². The Hall–Kier alpha value is -0.900. The fourth-order valence-corrected chi connectivity index (χ4v) is 2.89. The molecule has 6 heteroatoms. The smallest absolute Gasteiger partial charge is 0.0868 e. The summed E-state index contributed by atoms with van der Waals surface area (Å²) in [6.45, 7) is 5.38. The van der Waals surface area contributed by atoms with Crippen molar-refractivity contribution in [2.45, 2.75) is 33.4 Å². The number of benzene rings is 1. The Morgan fingerprint density at radius 1 is 1.15 bits per heavy atom. The Labute approximate surface area is 133 Å². The van der Waals surface area contributed by atoms with Crippen molar-refractivity contribution in [2.75, 3.05) is 5.32 Å². The molecule has 2 aromatic rings. The number of aryl methyl sites for hydroxylation is 2. The van der Waals surface area contributed by atoms with Crippen LogP contribution in [0.15, 0.2) is 18.2 Å². The average molecular weight is 333 g/mol. The lowest BCUT2D eigenvalue weighted by Gasteiger charge is -2.11. The molecule has 0 aliphatic heterocycles. The Kier molecular flexibility index (Phi) is 5.19. The van der Waals surface area contributed by atoms with Crippen molar-refractivity contribution < 1.29 is 0 Å². The van der Waals surface area contributed by atoms with E-state index in [4.69, 9.17) is 34.8 Å². The van der Waals surface area contributed by atoms with E-state index in [2.05, 4.69) is 10.4 Å². The van der Waals surface area contributed by atoms with Gasteiger partial charge in [0.25, 0.3) is 0 Å². The van der Waals surface area contributed by atoms with Crippen LogP contribution in [0, 0.1) is 0 Å². The molecule has 0 fully saturated rings. The van der Waals surface area contributed by atoms with Crippen molar-refractivity contribution in [3.63, 3.8) is 0 Å². The number of hydrogen-bond donors (Lipinski definition) is 1. The largest absolute Gasteiger partial charge is 0.377 e. The second-order valence-electron chi connectivity index (χ2n) is 4.33. The Balaban J connectivity index is 2.25. The molecular weight excluding hydrogens is 317 g/mol. The van der Waals surface area contributed by atoms with Crippen LogP contribution in [0.3, 0.4) is 0 Å². The highest BCUT2D eigenvalue weighted by Gasteiger charge is 2.15. The van der Waals surface area contributed by atoms with Gasteiger partial charge in [-0.3, -0.25) is 4.68 Å². The molecule has 3 nitrogen and oxygen atoms in total. The van der Waals surface area contributed by atoms with Gasteiger partial charge in [-0.1, -0.05) is 47.8 Å². The van der Waals surface area contributed by atoms with Gasteiger partial charge in [0.2, 0.25) is 0 Å². The summed E-state index contributed by atoms with van der Waals surface area (Å²) >= 11 is 18.6. The van der Waals surface area contributed by atoms with E-state index in [1.165, 1.54) is 0 Å². The summed E-state index contributed by atoms with van der Waals surface area (Å²) in [7, 11) is 0. The summed E-state index contributed by atoms with van der Waals surface area (Å²) in [5, 5.41) is 9.62. The van der Waals surface area contributed by atoms with E-state index >= 15 is 0 Å². The van der Waals surface area contributed by atoms with Crippen LogP contribution in [0.5, 0.6) is 0 Å². The highest BCUT2D eigenvalue weighted by atomic mass is 35.5. The lowest BCUT2D eigenvalue weighted by Crippen LogP contribution is -2.08. The lowest BCUT2D eigenvalue weighted by atomic mass is 10.2. The van der Waals surface area contributed by atoms with Crippen LogP contribution in [0.4, 0.5) is 5.69 Å². The van der Waals surface area contributed by atoms with Gasteiger partial charge < -0.3 is 5.32 Å². The van der Waals surface area contributed by atoms with Gasteiger partial charge in [0.1, 0.15) is 0 Å². The molecule has 0 bridgehead atoms. The highest BCUT2D eigenvalue weighted by molar-refractivity contribution is 6.39. The number of rotatable bonds is 5. The van der Waals surface area contributed by atoms with Crippen molar-refractivity contribution in [3.8, 4) is 0 Å². The molecule has 1 N–H and O–H groups in total. The van der Waals surface area contributed by atoms with E-state index in [9.17, 15) is 0 Å². The zero-order valence-corrected chi connectivity index (χ0v) is 13.6. The molecule has 0 amide bonds. The summed E-state index contributed by atoms with van der Waals surface area (Å²) in [6, 6.07) is 5.41. The van der Waals surface area contributed by atoms with Crippen molar-refractivity contribution in [1.82, 2.24) is 9.78 Å². The van der Waals surface area contributed by atoms with Crippen molar-refractivity contribution in [1.29, 1.82) is 0 Å². The van der Waals surface area contributed by atoms with Gasteiger partial charge in [-0.2, -0.15) is 5.10 Å². The molecular formula is C14H16Cl3N3. The Bertz CT molecular complexity index is 588. The van der Waals surface area contributed by atoms with Crippen LogP contribution < -0.4 is 5.32 Å². The maximum atomic E-state index is 6.36. The third-order valence-corrected chi connectivity index (χ3v) is 4.16. The van der Waals surface area contributed by atoms with Gasteiger partial charge in [0.05, 0.1) is 38.7 Å². The van der Waals surface area contributed by atoms with E-state index in [1.807, 2.05) is 24.6 Å². The second kappa shape index (κ2) is 6.70. The Morgan fingerprint density at radius 3 is 2.35 bits per heavy atom. The van der Waals surface area contributed by atoms with Gasteiger partial charge in [0.15, 0.2) is 0 Å². The lowest BCUT2D eigenvalue weighted by molar-refractivity contribution is 0.619. The minimum absolute atomic E-state index is 0.531. The van der Waals surface area contributed by atoms with Gasteiger partial charge in [-0.15, -0.1) is 0 Å². The molecule has 0 unspecified atom stereocenters. The minimum Gasteiger partial charge on any atom is -0.377 e. The first-order valence-corrected chi connectivity index (χ1v) is 7.63. The number of hydrogen-bond acceptors (Lipinski definition) is 2. The summed E-state index contributed by atoms with van der Waals surface area (Å²) < 4.78 is 1.90. The summed E-state index contributed by atoms with van der Waals surface area (Å²) in [5.41, 5.74) is 2.58. The molecule has 1 heterocycles. The topological polar surface area (TPSA) is 29.9 Å².